The van der Waals surface area contributed by atoms with Crippen molar-refractivity contribution in [3.05, 3.63) is 71.3 Å². The monoisotopic (exact) mass is 402 g/mol. The summed E-state index contributed by atoms with van der Waals surface area (Å²) in [5.74, 6) is 1.80. The molecular weight excluding hydrogens is 368 g/mol. The fourth-order valence-corrected chi connectivity index (χ4v) is 5.69. The highest BCUT2D eigenvalue weighted by molar-refractivity contribution is 5.99. The third-order valence-corrected chi connectivity index (χ3v) is 7.32. The van der Waals surface area contributed by atoms with Gasteiger partial charge in [-0.25, -0.2) is 0 Å². The lowest BCUT2D eigenvalue weighted by Gasteiger charge is -2.37. The zero-order valence-electron chi connectivity index (χ0n) is 18.0. The van der Waals surface area contributed by atoms with Crippen molar-refractivity contribution in [1.82, 2.24) is 0 Å². The number of rotatable bonds is 7. The summed E-state index contributed by atoms with van der Waals surface area (Å²) in [6, 6.07) is 17.3. The lowest BCUT2D eigenvalue weighted by molar-refractivity contribution is 0.0710. The average molecular weight is 403 g/mol. The SMILES string of the molecule is O=C(Cc1ccc(C(=O)C(C2CCCCC2)C2CCCCC2)cc1)c1ccccc1. The number of carbonyl (C=O) groups is 2. The Morgan fingerprint density at radius 2 is 1.20 bits per heavy atom. The minimum absolute atomic E-state index is 0.122. The van der Waals surface area contributed by atoms with Crippen LogP contribution in [-0.2, 0) is 6.42 Å². The van der Waals surface area contributed by atoms with Gasteiger partial charge in [0.15, 0.2) is 11.6 Å². The van der Waals surface area contributed by atoms with Gasteiger partial charge in [-0.3, -0.25) is 9.59 Å². The lowest BCUT2D eigenvalue weighted by Crippen LogP contribution is -2.33. The molecule has 0 bridgehead atoms. The molecule has 2 nitrogen and oxygen atoms in total. The van der Waals surface area contributed by atoms with Crippen LogP contribution in [-0.4, -0.2) is 11.6 Å². The van der Waals surface area contributed by atoms with Crippen molar-refractivity contribution in [1.29, 1.82) is 0 Å². The Morgan fingerprint density at radius 1 is 0.667 bits per heavy atom. The minimum Gasteiger partial charge on any atom is -0.294 e. The van der Waals surface area contributed by atoms with Crippen LogP contribution in [0.15, 0.2) is 54.6 Å². The Hall–Kier alpha value is -2.22. The first-order valence-corrected chi connectivity index (χ1v) is 11.9. The maximum Gasteiger partial charge on any atom is 0.167 e. The standard InChI is InChI=1S/C28H34O2/c29-26(22-10-4-1-5-11-22)20-21-16-18-25(19-17-21)28(30)27(23-12-6-2-7-13-23)24-14-8-3-9-15-24/h1,4-5,10-11,16-19,23-24,27H,2-3,6-9,12-15,20H2. The average Bonchev–Trinajstić information content (AvgIpc) is 2.81. The third-order valence-electron chi connectivity index (χ3n) is 7.32. The van der Waals surface area contributed by atoms with E-state index >= 15 is 0 Å². The van der Waals surface area contributed by atoms with Gasteiger partial charge in [0.2, 0.25) is 0 Å². The van der Waals surface area contributed by atoms with Gasteiger partial charge in [0.1, 0.15) is 0 Å². The van der Waals surface area contributed by atoms with Crippen LogP contribution in [0.1, 0.15) is 90.5 Å². The van der Waals surface area contributed by atoms with E-state index in [1.807, 2.05) is 54.6 Å². The molecule has 0 atom stereocenters. The van der Waals surface area contributed by atoms with E-state index in [9.17, 15) is 9.59 Å². The molecule has 0 aromatic heterocycles. The van der Waals surface area contributed by atoms with Crippen molar-refractivity contribution in [2.45, 2.75) is 70.6 Å². The molecule has 2 aliphatic carbocycles. The molecule has 2 aliphatic rings. The molecule has 2 heteroatoms. The van der Waals surface area contributed by atoms with Crippen molar-refractivity contribution in [2.24, 2.45) is 17.8 Å². The number of carbonyl (C=O) groups excluding carboxylic acids is 2. The zero-order valence-corrected chi connectivity index (χ0v) is 18.0. The minimum atomic E-state index is 0.122. The molecule has 0 amide bonds. The topological polar surface area (TPSA) is 34.1 Å². The summed E-state index contributed by atoms with van der Waals surface area (Å²) in [7, 11) is 0. The molecule has 2 aromatic carbocycles. The maximum atomic E-state index is 13.6. The summed E-state index contributed by atoms with van der Waals surface area (Å²) >= 11 is 0. The molecule has 2 saturated carbocycles. The number of hydrogen-bond donors (Lipinski definition) is 0. The van der Waals surface area contributed by atoms with Gasteiger partial charge >= 0.3 is 0 Å². The van der Waals surface area contributed by atoms with Gasteiger partial charge in [-0.15, -0.1) is 0 Å². The quantitative estimate of drug-likeness (QED) is 0.464. The van der Waals surface area contributed by atoms with E-state index in [1.165, 1.54) is 64.2 Å². The molecule has 2 fully saturated rings. The summed E-state index contributed by atoms with van der Waals surface area (Å²) in [5, 5.41) is 0. The number of hydrogen-bond acceptors (Lipinski definition) is 2. The summed E-state index contributed by atoms with van der Waals surface area (Å²) in [6.07, 6.45) is 13.0. The van der Waals surface area contributed by atoms with Crippen molar-refractivity contribution in [2.75, 3.05) is 0 Å². The lowest BCUT2D eigenvalue weighted by atomic mass is 9.67. The van der Waals surface area contributed by atoms with E-state index in [4.69, 9.17) is 0 Å². The molecule has 30 heavy (non-hydrogen) atoms. The Kier molecular flexibility index (Phi) is 7.15. The number of Topliss-reactive ketones (excluding diaryl/α,β-unsaturated/α-hetero) is 2. The van der Waals surface area contributed by atoms with E-state index in [2.05, 4.69) is 0 Å². The van der Waals surface area contributed by atoms with Crippen LogP contribution in [0, 0.1) is 17.8 Å². The molecule has 0 N–H and O–H groups in total. The molecule has 0 spiro atoms. The largest absolute Gasteiger partial charge is 0.294 e. The van der Waals surface area contributed by atoms with Crippen molar-refractivity contribution >= 4 is 11.6 Å². The van der Waals surface area contributed by atoms with Crippen LogP contribution in [0.2, 0.25) is 0 Å². The van der Waals surface area contributed by atoms with Gasteiger partial charge in [0.25, 0.3) is 0 Å². The molecule has 0 saturated heterocycles. The van der Waals surface area contributed by atoms with Crippen LogP contribution >= 0.6 is 0 Å². The van der Waals surface area contributed by atoms with Gasteiger partial charge < -0.3 is 0 Å². The molecule has 158 valence electrons. The van der Waals surface area contributed by atoms with Gasteiger partial charge in [0.05, 0.1) is 0 Å². The number of benzene rings is 2. The predicted octanol–water partition coefficient (Wildman–Crippen LogP) is 7.07. The van der Waals surface area contributed by atoms with E-state index in [0.717, 1.165) is 16.7 Å². The Labute approximate surface area is 181 Å². The normalized spacial score (nSPS) is 18.4. The first kappa shape index (κ1) is 21.0. The van der Waals surface area contributed by atoms with Crippen molar-refractivity contribution in [3.63, 3.8) is 0 Å². The van der Waals surface area contributed by atoms with Crippen molar-refractivity contribution in [3.8, 4) is 0 Å². The highest BCUT2D eigenvalue weighted by Crippen LogP contribution is 2.41. The summed E-state index contributed by atoms with van der Waals surface area (Å²) in [4.78, 5) is 26.1. The van der Waals surface area contributed by atoms with Crippen LogP contribution < -0.4 is 0 Å². The second-order valence-electron chi connectivity index (χ2n) is 9.35. The second kappa shape index (κ2) is 10.2. The van der Waals surface area contributed by atoms with Gasteiger partial charge in [-0.2, -0.15) is 0 Å². The van der Waals surface area contributed by atoms with E-state index < -0.39 is 0 Å². The van der Waals surface area contributed by atoms with E-state index in [1.54, 1.807) is 0 Å². The maximum absolute atomic E-state index is 13.6. The highest BCUT2D eigenvalue weighted by Gasteiger charge is 2.36. The Balaban J connectivity index is 1.48. The molecule has 0 unspecified atom stereocenters. The highest BCUT2D eigenvalue weighted by atomic mass is 16.1. The van der Waals surface area contributed by atoms with E-state index in [-0.39, 0.29) is 11.7 Å². The zero-order chi connectivity index (χ0) is 20.8. The number of ketones is 2. The fourth-order valence-electron chi connectivity index (χ4n) is 5.69. The first-order valence-electron chi connectivity index (χ1n) is 11.9. The third kappa shape index (κ3) is 5.09. The van der Waals surface area contributed by atoms with E-state index in [0.29, 0.717) is 24.0 Å². The van der Waals surface area contributed by atoms with Crippen LogP contribution in [0.3, 0.4) is 0 Å². The molecule has 0 aliphatic heterocycles. The second-order valence-corrected chi connectivity index (χ2v) is 9.35. The summed E-state index contributed by atoms with van der Waals surface area (Å²) in [6.45, 7) is 0. The first-order chi connectivity index (χ1) is 14.7. The summed E-state index contributed by atoms with van der Waals surface area (Å²) in [5.41, 5.74) is 2.56. The molecule has 4 rings (SSSR count). The molecular formula is C28H34O2. The fraction of sp³-hybridized carbons (Fsp3) is 0.500. The summed E-state index contributed by atoms with van der Waals surface area (Å²) < 4.78 is 0. The molecule has 0 heterocycles. The Morgan fingerprint density at radius 3 is 1.73 bits per heavy atom. The molecule has 2 aromatic rings. The Bertz CT molecular complexity index is 807. The van der Waals surface area contributed by atoms with Crippen molar-refractivity contribution < 1.29 is 9.59 Å². The smallest absolute Gasteiger partial charge is 0.167 e. The van der Waals surface area contributed by atoms with Gasteiger partial charge in [0, 0.05) is 23.5 Å². The molecule has 0 radical (unpaired) electrons. The van der Waals surface area contributed by atoms with Crippen LogP contribution in [0.25, 0.3) is 0 Å². The van der Waals surface area contributed by atoms with Crippen LogP contribution in [0.4, 0.5) is 0 Å². The van der Waals surface area contributed by atoms with Crippen LogP contribution in [0.5, 0.6) is 0 Å². The predicted molar refractivity (Wildman–Crippen MR) is 122 cm³/mol. The van der Waals surface area contributed by atoms with Gasteiger partial charge in [-0.05, 0) is 43.1 Å². The van der Waals surface area contributed by atoms with Gasteiger partial charge in [-0.1, -0.05) is 93.1 Å².